The quantitative estimate of drug-likeness (QED) is 0.933. The van der Waals surface area contributed by atoms with E-state index in [4.69, 9.17) is 4.42 Å². The van der Waals surface area contributed by atoms with E-state index >= 15 is 0 Å². The lowest BCUT2D eigenvalue weighted by Crippen LogP contribution is -2.46. The van der Waals surface area contributed by atoms with Gasteiger partial charge in [-0.25, -0.2) is 0 Å². The second-order valence-corrected chi connectivity index (χ2v) is 5.88. The molecule has 2 unspecified atom stereocenters. The molecule has 2 heterocycles. The molecule has 5 heteroatoms. The van der Waals surface area contributed by atoms with Crippen LogP contribution in [0.4, 0.5) is 0 Å². The van der Waals surface area contributed by atoms with Gasteiger partial charge < -0.3 is 14.6 Å². The first-order valence-electron chi connectivity index (χ1n) is 7.52. The van der Waals surface area contributed by atoms with Crippen LogP contribution < -0.4 is 5.32 Å². The third-order valence-corrected chi connectivity index (χ3v) is 4.11. The molecular weight excluding hydrogens is 264 g/mol. The summed E-state index contributed by atoms with van der Waals surface area (Å²) in [6.45, 7) is 5.20. The SMILES string of the molecule is CC1CN(C)CCC1NCc1nnc(-c2ccccc2)o1. The molecule has 1 aromatic heterocycles. The molecule has 3 rings (SSSR count). The van der Waals surface area contributed by atoms with E-state index in [0.717, 1.165) is 25.1 Å². The molecule has 1 aliphatic heterocycles. The summed E-state index contributed by atoms with van der Waals surface area (Å²) in [6, 6.07) is 10.4. The van der Waals surface area contributed by atoms with Crippen LogP contribution in [0.25, 0.3) is 11.5 Å². The maximum Gasteiger partial charge on any atom is 0.247 e. The van der Waals surface area contributed by atoms with E-state index in [2.05, 4.69) is 34.4 Å². The molecule has 21 heavy (non-hydrogen) atoms. The summed E-state index contributed by atoms with van der Waals surface area (Å²) in [5, 5.41) is 11.8. The fourth-order valence-electron chi connectivity index (χ4n) is 2.90. The zero-order valence-electron chi connectivity index (χ0n) is 12.6. The molecule has 0 bridgehead atoms. The third kappa shape index (κ3) is 3.49. The topological polar surface area (TPSA) is 54.2 Å². The molecule has 1 fully saturated rings. The number of rotatable bonds is 4. The molecule has 5 nitrogen and oxygen atoms in total. The van der Waals surface area contributed by atoms with Gasteiger partial charge in [-0.05, 0) is 38.1 Å². The van der Waals surface area contributed by atoms with Gasteiger partial charge >= 0.3 is 0 Å². The molecule has 0 amide bonds. The van der Waals surface area contributed by atoms with Crippen molar-refractivity contribution in [1.29, 1.82) is 0 Å². The van der Waals surface area contributed by atoms with Crippen molar-refractivity contribution in [1.82, 2.24) is 20.4 Å². The van der Waals surface area contributed by atoms with E-state index in [0.29, 0.717) is 30.3 Å². The van der Waals surface area contributed by atoms with Gasteiger partial charge in [0.2, 0.25) is 11.8 Å². The first kappa shape index (κ1) is 14.2. The van der Waals surface area contributed by atoms with Gasteiger partial charge in [0.25, 0.3) is 0 Å². The molecule has 2 aromatic rings. The van der Waals surface area contributed by atoms with Crippen LogP contribution in [0.5, 0.6) is 0 Å². The van der Waals surface area contributed by atoms with Gasteiger partial charge in [-0.1, -0.05) is 25.1 Å². The standard InChI is InChI=1S/C16H22N4O/c1-12-11-20(2)9-8-14(12)17-10-15-18-19-16(21-15)13-6-4-3-5-7-13/h3-7,12,14,17H,8-11H2,1-2H3. The Kier molecular flexibility index (Phi) is 4.31. The largest absolute Gasteiger partial charge is 0.419 e. The fourth-order valence-corrected chi connectivity index (χ4v) is 2.90. The number of aromatic nitrogens is 2. The fraction of sp³-hybridized carbons (Fsp3) is 0.500. The molecule has 0 radical (unpaired) electrons. The van der Waals surface area contributed by atoms with E-state index in [1.165, 1.54) is 0 Å². The van der Waals surface area contributed by atoms with Gasteiger partial charge in [0.05, 0.1) is 6.54 Å². The van der Waals surface area contributed by atoms with Crippen LogP contribution in [0.3, 0.4) is 0 Å². The van der Waals surface area contributed by atoms with Crippen LogP contribution in [-0.2, 0) is 6.54 Å². The average molecular weight is 286 g/mol. The minimum absolute atomic E-state index is 0.522. The van der Waals surface area contributed by atoms with Crippen molar-refractivity contribution in [2.75, 3.05) is 20.1 Å². The molecule has 2 atom stereocenters. The zero-order valence-corrected chi connectivity index (χ0v) is 12.6. The van der Waals surface area contributed by atoms with E-state index in [1.807, 2.05) is 30.3 Å². The molecule has 0 saturated carbocycles. The molecule has 0 spiro atoms. The Labute approximate surface area is 125 Å². The minimum Gasteiger partial charge on any atom is -0.419 e. The Balaban J connectivity index is 1.58. The maximum atomic E-state index is 5.72. The van der Waals surface area contributed by atoms with Crippen molar-refractivity contribution >= 4 is 0 Å². The number of benzene rings is 1. The number of nitrogens with one attached hydrogen (secondary N) is 1. The van der Waals surface area contributed by atoms with Gasteiger partial charge in [0.15, 0.2) is 0 Å². The predicted molar refractivity (Wildman–Crippen MR) is 81.6 cm³/mol. The number of hydrogen-bond donors (Lipinski definition) is 1. The Hall–Kier alpha value is -1.72. The second-order valence-electron chi connectivity index (χ2n) is 5.88. The lowest BCUT2D eigenvalue weighted by molar-refractivity contribution is 0.172. The van der Waals surface area contributed by atoms with Crippen LogP contribution in [-0.4, -0.2) is 41.3 Å². The van der Waals surface area contributed by atoms with Crippen LogP contribution >= 0.6 is 0 Å². The van der Waals surface area contributed by atoms with Crippen molar-refractivity contribution in [3.63, 3.8) is 0 Å². The van der Waals surface area contributed by atoms with Crippen LogP contribution in [0.1, 0.15) is 19.2 Å². The Morgan fingerprint density at radius 1 is 1.29 bits per heavy atom. The summed E-state index contributed by atoms with van der Waals surface area (Å²) < 4.78 is 5.72. The summed E-state index contributed by atoms with van der Waals surface area (Å²) in [6.07, 6.45) is 1.16. The molecule has 1 N–H and O–H groups in total. The maximum absolute atomic E-state index is 5.72. The van der Waals surface area contributed by atoms with Crippen LogP contribution in [0, 0.1) is 5.92 Å². The molecule has 0 aliphatic carbocycles. The number of hydrogen-bond acceptors (Lipinski definition) is 5. The van der Waals surface area contributed by atoms with Crippen molar-refractivity contribution in [3.05, 3.63) is 36.2 Å². The summed E-state index contributed by atoms with van der Waals surface area (Å²) >= 11 is 0. The number of nitrogens with zero attached hydrogens (tertiary/aromatic N) is 3. The number of piperidine rings is 1. The van der Waals surface area contributed by atoms with E-state index in [9.17, 15) is 0 Å². The van der Waals surface area contributed by atoms with Gasteiger partial charge in [-0.2, -0.15) is 0 Å². The molecule has 1 aliphatic rings. The monoisotopic (exact) mass is 286 g/mol. The van der Waals surface area contributed by atoms with Crippen LogP contribution in [0.2, 0.25) is 0 Å². The van der Waals surface area contributed by atoms with Gasteiger partial charge in [0.1, 0.15) is 0 Å². The van der Waals surface area contributed by atoms with Gasteiger partial charge in [-0.3, -0.25) is 0 Å². The van der Waals surface area contributed by atoms with Crippen molar-refractivity contribution in [2.45, 2.75) is 25.9 Å². The average Bonchev–Trinajstić information content (AvgIpc) is 2.96. The third-order valence-electron chi connectivity index (χ3n) is 4.11. The normalized spacial score (nSPS) is 23.3. The minimum atomic E-state index is 0.522. The Bertz CT molecular complexity index is 569. The van der Waals surface area contributed by atoms with Crippen LogP contribution in [0.15, 0.2) is 34.7 Å². The Morgan fingerprint density at radius 3 is 2.86 bits per heavy atom. The Morgan fingerprint density at radius 2 is 2.10 bits per heavy atom. The molecule has 1 aromatic carbocycles. The van der Waals surface area contributed by atoms with Gasteiger partial charge in [0, 0.05) is 18.2 Å². The first-order chi connectivity index (χ1) is 10.2. The second kappa shape index (κ2) is 6.37. The summed E-state index contributed by atoms with van der Waals surface area (Å²) in [5.41, 5.74) is 0.962. The van der Waals surface area contributed by atoms with Crippen molar-refractivity contribution in [2.24, 2.45) is 5.92 Å². The number of likely N-dealkylation sites (tertiary alicyclic amines) is 1. The smallest absolute Gasteiger partial charge is 0.247 e. The summed E-state index contributed by atoms with van der Waals surface area (Å²) in [5.74, 6) is 1.88. The highest BCUT2D eigenvalue weighted by Crippen LogP contribution is 2.18. The highest BCUT2D eigenvalue weighted by Gasteiger charge is 2.24. The van der Waals surface area contributed by atoms with Gasteiger partial charge in [-0.15, -0.1) is 10.2 Å². The summed E-state index contributed by atoms with van der Waals surface area (Å²) in [7, 11) is 2.18. The first-order valence-corrected chi connectivity index (χ1v) is 7.52. The van der Waals surface area contributed by atoms with E-state index < -0.39 is 0 Å². The zero-order chi connectivity index (χ0) is 14.7. The molecule has 1 saturated heterocycles. The lowest BCUT2D eigenvalue weighted by atomic mass is 9.94. The van der Waals surface area contributed by atoms with Crippen molar-refractivity contribution < 1.29 is 4.42 Å². The highest BCUT2D eigenvalue weighted by atomic mass is 16.4. The molecular formula is C16H22N4O. The van der Waals surface area contributed by atoms with E-state index in [-0.39, 0.29) is 0 Å². The molecule has 112 valence electrons. The van der Waals surface area contributed by atoms with Crippen molar-refractivity contribution in [3.8, 4) is 11.5 Å². The predicted octanol–water partition coefficient (Wildman–Crippen LogP) is 2.17. The van der Waals surface area contributed by atoms with E-state index in [1.54, 1.807) is 0 Å². The summed E-state index contributed by atoms with van der Waals surface area (Å²) in [4.78, 5) is 2.38. The lowest BCUT2D eigenvalue weighted by Gasteiger charge is -2.35. The highest BCUT2D eigenvalue weighted by molar-refractivity contribution is 5.51.